The summed E-state index contributed by atoms with van der Waals surface area (Å²) in [6.45, 7) is 8.62. The number of carbonyl (C=O) groups excluding carboxylic acids is 2. The second-order valence-corrected chi connectivity index (χ2v) is 8.54. The van der Waals surface area contributed by atoms with Crippen molar-refractivity contribution >= 4 is 17.5 Å². The standard InChI is InChI=1S/C23H30FN5O2/c1-17-3-4-19(22(15-17)27-8-5-20(24)6-9-27)16-26-11-13-28(14-12-26)23(31)29-10-7-21(25-29)18(2)30/h3-4,7,10,15,20H,5-6,8-9,11-14,16H2,1-2H3. The lowest BCUT2D eigenvalue weighted by molar-refractivity contribution is 0.101. The van der Waals surface area contributed by atoms with E-state index in [2.05, 4.69) is 40.0 Å². The van der Waals surface area contributed by atoms with Gasteiger partial charge in [0.15, 0.2) is 5.78 Å². The molecule has 0 N–H and O–H groups in total. The van der Waals surface area contributed by atoms with Gasteiger partial charge >= 0.3 is 6.03 Å². The molecular formula is C23H30FN5O2. The average Bonchev–Trinajstić information content (AvgIpc) is 3.26. The molecule has 3 heterocycles. The number of aryl methyl sites for hydroxylation is 1. The van der Waals surface area contributed by atoms with Gasteiger partial charge in [-0.15, -0.1) is 0 Å². The van der Waals surface area contributed by atoms with Crippen molar-refractivity contribution in [2.45, 2.75) is 39.4 Å². The van der Waals surface area contributed by atoms with E-state index in [9.17, 15) is 14.0 Å². The highest BCUT2D eigenvalue weighted by molar-refractivity contribution is 5.92. The largest absolute Gasteiger partial charge is 0.371 e. The lowest BCUT2D eigenvalue weighted by atomic mass is 10.0. The van der Waals surface area contributed by atoms with E-state index in [1.807, 2.05) is 0 Å². The van der Waals surface area contributed by atoms with Gasteiger partial charge in [0.2, 0.25) is 0 Å². The number of ketones is 1. The third-order valence-corrected chi connectivity index (χ3v) is 6.19. The number of hydrogen-bond acceptors (Lipinski definition) is 5. The Hall–Kier alpha value is -2.74. The maximum atomic E-state index is 13.6. The number of alkyl halides is 1. The molecule has 0 aliphatic carbocycles. The summed E-state index contributed by atoms with van der Waals surface area (Å²) in [6.07, 6.45) is 2.04. The van der Waals surface area contributed by atoms with Crippen LogP contribution >= 0.6 is 0 Å². The van der Waals surface area contributed by atoms with Gasteiger partial charge in [-0.1, -0.05) is 12.1 Å². The van der Waals surface area contributed by atoms with Gasteiger partial charge in [-0.05, 0) is 43.0 Å². The van der Waals surface area contributed by atoms with Crippen LogP contribution < -0.4 is 4.90 Å². The number of carbonyl (C=O) groups is 2. The number of rotatable bonds is 4. The fourth-order valence-corrected chi connectivity index (χ4v) is 4.29. The van der Waals surface area contributed by atoms with Crippen molar-refractivity contribution in [3.63, 3.8) is 0 Å². The van der Waals surface area contributed by atoms with Crippen LogP contribution in [0.1, 0.15) is 41.4 Å². The van der Waals surface area contributed by atoms with Crippen LogP contribution in [-0.2, 0) is 6.54 Å². The average molecular weight is 428 g/mol. The van der Waals surface area contributed by atoms with E-state index in [1.54, 1.807) is 17.2 Å². The van der Waals surface area contributed by atoms with E-state index in [0.717, 1.165) is 32.7 Å². The van der Waals surface area contributed by atoms with E-state index in [4.69, 9.17) is 0 Å². The molecule has 166 valence electrons. The summed E-state index contributed by atoms with van der Waals surface area (Å²) >= 11 is 0. The number of aromatic nitrogens is 2. The number of Topliss-reactive ketones (excluding diaryl/α,β-unsaturated/α-hetero) is 1. The first-order chi connectivity index (χ1) is 14.9. The van der Waals surface area contributed by atoms with Crippen LogP contribution in [0.3, 0.4) is 0 Å². The van der Waals surface area contributed by atoms with E-state index in [0.29, 0.717) is 31.6 Å². The molecular weight excluding hydrogens is 397 g/mol. The predicted octanol–water partition coefficient (Wildman–Crippen LogP) is 3.12. The molecule has 0 bridgehead atoms. The first kappa shape index (κ1) is 21.5. The van der Waals surface area contributed by atoms with Crippen molar-refractivity contribution < 1.29 is 14.0 Å². The van der Waals surface area contributed by atoms with Gasteiger partial charge in [0.1, 0.15) is 11.9 Å². The molecule has 7 nitrogen and oxygen atoms in total. The Labute approximate surface area is 182 Å². The van der Waals surface area contributed by atoms with Crippen molar-refractivity contribution in [1.82, 2.24) is 19.6 Å². The summed E-state index contributed by atoms with van der Waals surface area (Å²) in [5.74, 6) is -0.152. The van der Waals surface area contributed by atoms with Crippen molar-refractivity contribution in [1.29, 1.82) is 0 Å². The highest BCUT2D eigenvalue weighted by atomic mass is 19.1. The minimum atomic E-state index is -0.684. The zero-order valence-corrected chi connectivity index (χ0v) is 18.3. The number of amides is 1. The molecule has 2 fully saturated rings. The number of hydrogen-bond donors (Lipinski definition) is 0. The molecule has 0 unspecified atom stereocenters. The maximum absolute atomic E-state index is 13.6. The fraction of sp³-hybridized carbons (Fsp3) is 0.522. The zero-order valence-electron chi connectivity index (χ0n) is 18.3. The summed E-state index contributed by atoms with van der Waals surface area (Å²) in [4.78, 5) is 30.5. The van der Waals surface area contributed by atoms with Crippen LogP contribution in [-0.4, -0.2) is 76.8 Å². The van der Waals surface area contributed by atoms with Crippen LogP contribution in [0.15, 0.2) is 30.5 Å². The monoisotopic (exact) mass is 427 g/mol. The number of piperazine rings is 1. The Balaban J connectivity index is 1.37. The van der Waals surface area contributed by atoms with Gasteiger partial charge in [-0.3, -0.25) is 9.69 Å². The van der Waals surface area contributed by atoms with Gasteiger partial charge in [0.05, 0.1) is 0 Å². The third kappa shape index (κ3) is 4.95. The van der Waals surface area contributed by atoms with E-state index < -0.39 is 6.17 Å². The van der Waals surface area contributed by atoms with Crippen molar-refractivity contribution in [3.8, 4) is 0 Å². The van der Waals surface area contributed by atoms with Crippen LogP contribution in [0.5, 0.6) is 0 Å². The number of piperidine rings is 1. The SMILES string of the molecule is CC(=O)c1ccn(C(=O)N2CCN(Cc3ccc(C)cc3N3CCC(F)CC3)CC2)n1. The van der Waals surface area contributed by atoms with Gasteiger partial charge in [-0.2, -0.15) is 9.78 Å². The predicted molar refractivity (Wildman–Crippen MR) is 117 cm³/mol. The quantitative estimate of drug-likeness (QED) is 0.702. The highest BCUT2D eigenvalue weighted by Crippen LogP contribution is 2.28. The molecule has 1 amide bonds. The Kier molecular flexibility index (Phi) is 6.36. The Bertz CT molecular complexity index is 943. The first-order valence-electron chi connectivity index (χ1n) is 11.0. The van der Waals surface area contributed by atoms with Crippen LogP contribution in [0, 0.1) is 6.92 Å². The fourth-order valence-electron chi connectivity index (χ4n) is 4.29. The van der Waals surface area contributed by atoms with E-state index >= 15 is 0 Å². The van der Waals surface area contributed by atoms with Crippen molar-refractivity contribution in [2.75, 3.05) is 44.2 Å². The smallest absolute Gasteiger partial charge is 0.344 e. The molecule has 2 aliphatic heterocycles. The van der Waals surface area contributed by atoms with Gasteiger partial charge < -0.3 is 9.80 Å². The molecule has 31 heavy (non-hydrogen) atoms. The lowest BCUT2D eigenvalue weighted by Crippen LogP contribution is -2.49. The van der Waals surface area contributed by atoms with Gasteiger partial charge in [0.25, 0.3) is 0 Å². The van der Waals surface area contributed by atoms with E-state index in [1.165, 1.54) is 28.4 Å². The summed E-state index contributed by atoms with van der Waals surface area (Å²) in [7, 11) is 0. The molecule has 2 saturated heterocycles. The first-order valence-corrected chi connectivity index (χ1v) is 11.0. The molecule has 4 rings (SSSR count). The second-order valence-electron chi connectivity index (χ2n) is 8.54. The molecule has 0 spiro atoms. The maximum Gasteiger partial charge on any atom is 0.344 e. The summed E-state index contributed by atoms with van der Waals surface area (Å²) < 4.78 is 14.8. The van der Waals surface area contributed by atoms with Gasteiger partial charge in [0, 0.05) is 64.6 Å². The summed E-state index contributed by atoms with van der Waals surface area (Å²) in [5.41, 5.74) is 3.97. The topological polar surface area (TPSA) is 61.7 Å². The molecule has 2 aliphatic rings. The molecule has 0 saturated carbocycles. The Morgan fingerprint density at radius 2 is 1.77 bits per heavy atom. The summed E-state index contributed by atoms with van der Waals surface area (Å²) in [5, 5.41) is 4.08. The Morgan fingerprint density at radius 3 is 2.42 bits per heavy atom. The summed E-state index contributed by atoms with van der Waals surface area (Å²) in [6, 6.07) is 7.89. The molecule has 0 atom stereocenters. The number of halogens is 1. The normalized spacial score (nSPS) is 18.4. The minimum absolute atomic E-state index is 0.152. The second kappa shape index (κ2) is 9.18. The lowest BCUT2D eigenvalue weighted by Gasteiger charge is -2.36. The molecule has 0 radical (unpaired) electrons. The van der Waals surface area contributed by atoms with Crippen molar-refractivity contribution in [2.24, 2.45) is 0 Å². The number of nitrogens with zero attached hydrogens (tertiary/aromatic N) is 5. The molecule has 8 heteroatoms. The minimum Gasteiger partial charge on any atom is -0.371 e. The van der Waals surface area contributed by atoms with Crippen LogP contribution in [0.4, 0.5) is 14.9 Å². The number of anilines is 1. The highest BCUT2D eigenvalue weighted by Gasteiger charge is 2.25. The Morgan fingerprint density at radius 1 is 1.06 bits per heavy atom. The van der Waals surface area contributed by atoms with Gasteiger partial charge in [-0.25, -0.2) is 9.18 Å². The molecule has 1 aromatic heterocycles. The van der Waals surface area contributed by atoms with Crippen molar-refractivity contribution in [3.05, 3.63) is 47.3 Å². The zero-order chi connectivity index (χ0) is 22.0. The molecule has 1 aromatic carbocycles. The van der Waals surface area contributed by atoms with E-state index in [-0.39, 0.29) is 11.8 Å². The number of benzene rings is 1. The third-order valence-electron chi connectivity index (χ3n) is 6.19. The van der Waals surface area contributed by atoms with Crippen LogP contribution in [0.25, 0.3) is 0 Å². The van der Waals surface area contributed by atoms with Crippen LogP contribution in [0.2, 0.25) is 0 Å². The molecule has 2 aromatic rings.